The van der Waals surface area contributed by atoms with Gasteiger partial charge in [0.2, 0.25) is 0 Å². The quantitative estimate of drug-likeness (QED) is 0.622. The Morgan fingerprint density at radius 1 is 1.48 bits per heavy atom. The van der Waals surface area contributed by atoms with Crippen molar-refractivity contribution in [1.82, 2.24) is 4.90 Å². The van der Waals surface area contributed by atoms with Crippen LogP contribution in [0.2, 0.25) is 0 Å². The fourth-order valence-electron chi connectivity index (χ4n) is 2.89. The van der Waals surface area contributed by atoms with E-state index in [-0.39, 0.29) is 11.7 Å². The zero-order chi connectivity index (χ0) is 15.0. The summed E-state index contributed by atoms with van der Waals surface area (Å²) >= 11 is 3.19. The number of ketones is 1. The van der Waals surface area contributed by atoms with Gasteiger partial charge in [-0.25, -0.2) is 0 Å². The van der Waals surface area contributed by atoms with Crippen LogP contribution in [0.5, 0.6) is 0 Å². The van der Waals surface area contributed by atoms with Gasteiger partial charge >= 0.3 is 0 Å². The van der Waals surface area contributed by atoms with Crippen molar-refractivity contribution < 1.29 is 4.79 Å². The largest absolute Gasteiger partial charge is 0.396 e. The summed E-state index contributed by atoms with van der Waals surface area (Å²) in [5.74, 6) is 1.18. The second kappa shape index (κ2) is 6.18. The highest BCUT2D eigenvalue weighted by Crippen LogP contribution is 2.45. The van der Waals surface area contributed by atoms with Gasteiger partial charge in [-0.1, -0.05) is 0 Å². The van der Waals surface area contributed by atoms with Gasteiger partial charge in [-0.2, -0.15) is 0 Å². The van der Waals surface area contributed by atoms with E-state index in [4.69, 9.17) is 5.73 Å². The number of anilines is 2. The van der Waals surface area contributed by atoms with E-state index in [1.807, 2.05) is 6.26 Å². The third-order valence-corrected chi connectivity index (χ3v) is 6.46. The highest BCUT2D eigenvalue weighted by Gasteiger charge is 2.34. The van der Waals surface area contributed by atoms with Gasteiger partial charge in [0.1, 0.15) is 5.00 Å². The zero-order valence-corrected chi connectivity index (χ0v) is 14.3. The number of hydrogen-bond acceptors (Lipinski definition) is 6. The number of likely N-dealkylation sites (tertiary alicyclic amines) is 1. The number of carbonyl (C=O) groups excluding carboxylic acids is 1. The maximum Gasteiger partial charge on any atom is 0.178 e. The average molecular weight is 326 g/mol. The normalized spacial score (nSPS) is 22.7. The second-order valence-electron chi connectivity index (χ2n) is 6.14. The molecule has 0 aromatic carbocycles. The smallest absolute Gasteiger partial charge is 0.178 e. The molecule has 1 aliphatic carbocycles. The number of thiophene rings is 1. The summed E-state index contributed by atoms with van der Waals surface area (Å²) in [4.78, 5) is 16.5. The molecule has 21 heavy (non-hydrogen) atoms. The first-order chi connectivity index (χ1) is 10.1. The molecule has 2 aliphatic rings. The fraction of sp³-hybridized carbons (Fsp3) is 0.667. The number of nitrogen functional groups attached to an aromatic ring is 1. The molecule has 0 amide bonds. The lowest BCUT2D eigenvalue weighted by molar-refractivity contribution is 0.0972. The number of nitrogens with two attached hydrogens (primary N) is 1. The lowest BCUT2D eigenvalue weighted by atomic mass is 10.1. The van der Waals surface area contributed by atoms with Crippen molar-refractivity contribution in [2.45, 2.75) is 24.2 Å². The van der Waals surface area contributed by atoms with Gasteiger partial charge in [-0.3, -0.25) is 4.79 Å². The average Bonchev–Trinajstić information content (AvgIpc) is 3.16. The minimum Gasteiger partial charge on any atom is -0.396 e. The molecule has 1 aliphatic heterocycles. The molecule has 0 radical (unpaired) electrons. The number of thioether (sulfide) groups is 1. The van der Waals surface area contributed by atoms with Crippen LogP contribution in [0, 0.1) is 11.8 Å². The summed E-state index contributed by atoms with van der Waals surface area (Å²) in [6, 6.07) is 0. The van der Waals surface area contributed by atoms with Crippen LogP contribution in [0.15, 0.2) is 4.90 Å². The van der Waals surface area contributed by atoms with Crippen LogP contribution in [-0.2, 0) is 0 Å². The number of rotatable bonds is 6. The number of nitrogens with zero attached hydrogens (tertiary/aromatic N) is 1. The van der Waals surface area contributed by atoms with Gasteiger partial charge in [-0.15, -0.1) is 23.1 Å². The first kappa shape index (κ1) is 15.2. The molecule has 4 nitrogen and oxygen atoms in total. The van der Waals surface area contributed by atoms with Crippen molar-refractivity contribution in [3.63, 3.8) is 0 Å². The van der Waals surface area contributed by atoms with Crippen molar-refractivity contribution >= 4 is 39.6 Å². The van der Waals surface area contributed by atoms with Crippen LogP contribution < -0.4 is 11.1 Å². The fourth-order valence-corrected chi connectivity index (χ4v) is 4.95. The minimum atomic E-state index is 0.233. The van der Waals surface area contributed by atoms with Gasteiger partial charge < -0.3 is 16.0 Å². The Morgan fingerprint density at radius 2 is 2.24 bits per heavy atom. The molecule has 1 saturated heterocycles. The molecule has 1 aromatic rings. The topological polar surface area (TPSA) is 58.4 Å². The maximum atomic E-state index is 12.3. The van der Waals surface area contributed by atoms with Gasteiger partial charge in [0, 0.05) is 19.0 Å². The molecule has 116 valence electrons. The minimum absolute atomic E-state index is 0.233. The molecule has 1 saturated carbocycles. The molecule has 0 bridgehead atoms. The number of Topliss-reactive ketones (excluding diaryl/α,β-unsaturated/α-hetero) is 1. The summed E-state index contributed by atoms with van der Waals surface area (Å²) in [5.41, 5.74) is 6.90. The molecular formula is C15H23N3OS2. The lowest BCUT2D eigenvalue weighted by Gasteiger charge is -2.12. The van der Waals surface area contributed by atoms with Crippen LogP contribution in [0.1, 0.15) is 28.9 Å². The predicted molar refractivity (Wildman–Crippen MR) is 91.7 cm³/mol. The van der Waals surface area contributed by atoms with Crippen molar-refractivity contribution in [2.24, 2.45) is 11.8 Å². The van der Waals surface area contributed by atoms with Crippen molar-refractivity contribution in [2.75, 3.05) is 44.0 Å². The van der Waals surface area contributed by atoms with Gasteiger partial charge in [0.15, 0.2) is 5.78 Å². The lowest BCUT2D eigenvalue weighted by Crippen LogP contribution is -2.18. The first-order valence-corrected chi connectivity index (χ1v) is 9.57. The van der Waals surface area contributed by atoms with E-state index in [0.29, 0.717) is 11.6 Å². The number of hydrogen-bond donors (Lipinski definition) is 2. The predicted octanol–water partition coefficient (Wildman–Crippen LogP) is 3.01. The van der Waals surface area contributed by atoms with Gasteiger partial charge in [0.05, 0.1) is 15.5 Å². The molecule has 1 unspecified atom stereocenters. The summed E-state index contributed by atoms with van der Waals surface area (Å²) in [7, 11) is 2.17. The number of nitrogens with one attached hydrogen (secondary N) is 1. The molecule has 2 fully saturated rings. The standard InChI is InChI=1S/C15H23N3OS2/c1-18-6-5-9(8-18)7-17-15-14(20-2)11(16)13(21-15)12(19)10-3-4-10/h9-10,17H,3-8,16H2,1-2H3. The molecule has 3 N–H and O–H groups in total. The molecule has 0 spiro atoms. The highest BCUT2D eigenvalue weighted by molar-refractivity contribution is 7.99. The van der Waals surface area contributed by atoms with Crippen LogP contribution in [-0.4, -0.2) is 43.6 Å². The SMILES string of the molecule is CSc1c(NCC2CCN(C)C2)sc(C(=O)C2CC2)c1N. The molecule has 1 aromatic heterocycles. The van der Waals surface area contributed by atoms with Crippen molar-refractivity contribution in [3.05, 3.63) is 4.88 Å². The Hall–Kier alpha value is -0.720. The summed E-state index contributed by atoms with van der Waals surface area (Å²) in [6.45, 7) is 3.30. The maximum absolute atomic E-state index is 12.3. The summed E-state index contributed by atoms with van der Waals surface area (Å²) in [6.07, 6.45) is 5.33. The molecule has 6 heteroatoms. The van der Waals surface area contributed by atoms with E-state index in [1.165, 1.54) is 13.0 Å². The monoisotopic (exact) mass is 325 g/mol. The molecule has 3 rings (SSSR count). The Labute approximate surface area is 134 Å². The van der Waals surface area contributed by atoms with Crippen LogP contribution in [0.25, 0.3) is 0 Å². The van der Waals surface area contributed by atoms with Gasteiger partial charge in [0.25, 0.3) is 0 Å². The third kappa shape index (κ3) is 3.22. The zero-order valence-electron chi connectivity index (χ0n) is 12.6. The van der Waals surface area contributed by atoms with E-state index in [9.17, 15) is 4.79 Å². The third-order valence-electron chi connectivity index (χ3n) is 4.32. The van der Waals surface area contributed by atoms with Crippen LogP contribution in [0.3, 0.4) is 0 Å². The Morgan fingerprint density at radius 3 is 2.81 bits per heavy atom. The highest BCUT2D eigenvalue weighted by atomic mass is 32.2. The van der Waals surface area contributed by atoms with E-state index in [2.05, 4.69) is 17.3 Å². The Balaban J connectivity index is 1.71. The van der Waals surface area contributed by atoms with Crippen LogP contribution >= 0.6 is 23.1 Å². The van der Waals surface area contributed by atoms with Crippen LogP contribution in [0.4, 0.5) is 10.7 Å². The van der Waals surface area contributed by atoms with Crippen molar-refractivity contribution in [1.29, 1.82) is 0 Å². The summed E-state index contributed by atoms with van der Waals surface area (Å²) in [5, 5.41) is 4.62. The Kier molecular flexibility index (Phi) is 4.47. The Bertz CT molecular complexity index is 539. The number of carbonyl (C=O) groups is 1. The second-order valence-corrected chi connectivity index (χ2v) is 7.98. The molecule has 1 atom stereocenters. The van der Waals surface area contributed by atoms with E-state index >= 15 is 0 Å². The van der Waals surface area contributed by atoms with E-state index in [1.54, 1.807) is 23.1 Å². The van der Waals surface area contributed by atoms with Gasteiger partial charge in [-0.05, 0) is 45.0 Å². The van der Waals surface area contributed by atoms with E-state index in [0.717, 1.165) is 40.7 Å². The molecule has 2 heterocycles. The molecular weight excluding hydrogens is 302 g/mol. The summed E-state index contributed by atoms with van der Waals surface area (Å²) < 4.78 is 0. The first-order valence-electron chi connectivity index (χ1n) is 7.53. The van der Waals surface area contributed by atoms with E-state index < -0.39 is 0 Å². The van der Waals surface area contributed by atoms with Crippen molar-refractivity contribution in [3.8, 4) is 0 Å².